The van der Waals surface area contributed by atoms with Crippen LogP contribution in [0.25, 0.3) is 0 Å². The first-order valence-electron chi connectivity index (χ1n) is 5.24. The van der Waals surface area contributed by atoms with Crippen molar-refractivity contribution in [2.45, 2.75) is 32.6 Å². The summed E-state index contributed by atoms with van der Waals surface area (Å²) in [6.07, 6.45) is 3.90. The summed E-state index contributed by atoms with van der Waals surface area (Å²) >= 11 is 3.36. The van der Waals surface area contributed by atoms with E-state index in [1.807, 2.05) is 6.07 Å². The van der Waals surface area contributed by atoms with Gasteiger partial charge in [0.1, 0.15) is 5.82 Å². The molecule has 0 atom stereocenters. The third-order valence-electron chi connectivity index (χ3n) is 2.37. The average molecular weight is 271 g/mol. The SMILES string of the molecule is C=C(CCCC)Cc1c(F)cccc1Br. The number of benzene rings is 1. The Labute approximate surface area is 99.3 Å². The van der Waals surface area contributed by atoms with Gasteiger partial charge < -0.3 is 0 Å². The molecule has 15 heavy (non-hydrogen) atoms. The lowest BCUT2D eigenvalue weighted by molar-refractivity contribution is 0.610. The summed E-state index contributed by atoms with van der Waals surface area (Å²) in [5.41, 5.74) is 1.82. The Balaban J connectivity index is 2.68. The van der Waals surface area contributed by atoms with Crippen LogP contribution in [-0.4, -0.2) is 0 Å². The van der Waals surface area contributed by atoms with Crippen LogP contribution >= 0.6 is 15.9 Å². The van der Waals surface area contributed by atoms with E-state index in [1.165, 1.54) is 6.07 Å². The van der Waals surface area contributed by atoms with Crippen molar-refractivity contribution in [3.8, 4) is 0 Å². The maximum absolute atomic E-state index is 13.5. The molecule has 0 bridgehead atoms. The third kappa shape index (κ3) is 3.78. The zero-order valence-corrected chi connectivity index (χ0v) is 10.6. The molecule has 0 aromatic heterocycles. The van der Waals surface area contributed by atoms with Gasteiger partial charge >= 0.3 is 0 Å². The minimum Gasteiger partial charge on any atom is -0.207 e. The number of halogens is 2. The fourth-order valence-corrected chi connectivity index (χ4v) is 1.95. The maximum atomic E-state index is 13.5. The zero-order valence-electron chi connectivity index (χ0n) is 9.02. The van der Waals surface area contributed by atoms with Crippen molar-refractivity contribution in [3.05, 3.63) is 46.2 Å². The Morgan fingerprint density at radius 1 is 1.47 bits per heavy atom. The van der Waals surface area contributed by atoms with Crippen LogP contribution < -0.4 is 0 Å². The molecule has 2 heteroatoms. The molecular formula is C13H16BrF. The van der Waals surface area contributed by atoms with Crippen molar-refractivity contribution in [1.29, 1.82) is 0 Å². The van der Waals surface area contributed by atoms with Gasteiger partial charge in [-0.05, 0) is 31.4 Å². The fourth-order valence-electron chi connectivity index (χ4n) is 1.47. The molecule has 0 saturated heterocycles. The van der Waals surface area contributed by atoms with Crippen molar-refractivity contribution in [2.75, 3.05) is 0 Å². The molecule has 0 nitrogen and oxygen atoms in total. The zero-order chi connectivity index (χ0) is 11.3. The number of hydrogen-bond donors (Lipinski definition) is 0. The summed E-state index contributed by atoms with van der Waals surface area (Å²) in [6, 6.07) is 5.07. The number of unbranched alkanes of at least 4 members (excludes halogenated alkanes) is 1. The number of hydrogen-bond acceptors (Lipinski definition) is 0. The quantitative estimate of drug-likeness (QED) is 0.670. The minimum absolute atomic E-state index is 0.151. The van der Waals surface area contributed by atoms with Crippen molar-refractivity contribution < 1.29 is 4.39 Å². The van der Waals surface area contributed by atoms with Gasteiger partial charge in [-0.25, -0.2) is 4.39 Å². The molecule has 82 valence electrons. The first-order valence-corrected chi connectivity index (χ1v) is 6.04. The third-order valence-corrected chi connectivity index (χ3v) is 3.12. The molecule has 0 saturated carbocycles. The number of rotatable bonds is 5. The van der Waals surface area contributed by atoms with Crippen LogP contribution in [0.3, 0.4) is 0 Å². The second kappa shape index (κ2) is 6.06. The molecule has 0 aliphatic heterocycles. The van der Waals surface area contributed by atoms with E-state index in [9.17, 15) is 4.39 Å². The van der Waals surface area contributed by atoms with E-state index in [2.05, 4.69) is 29.4 Å². The standard InChI is InChI=1S/C13H16BrF/c1-3-4-6-10(2)9-11-12(14)7-5-8-13(11)15/h5,7-8H,2-4,6,9H2,1H3. The van der Waals surface area contributed by atoms with Crippen LogP contribution in [0.1, 0.15) is 31.7 Å². The minimum atomic E-state index is -0.151. The van der Waals surface area contributed by atoms with Gasteiger partial charge in [0.25, 0.3) is 0 Å². The smallest absolute Gasteiger partial charge is 0.127 e. The molecule has 0 unspecified atom stereocenters. The highest BCUT2D eigenvalue weighted by atomic mass is 79.9. The Morgan fingerprint density at radius 3 is 2.80 bits per heavy atom. The predicted molar refractivity (Wildman–Crippen MR) is 66.5 cm³/mol. The molecule has 1 rings (SSSR count). The molecule has 1 aromatic rings. The van der Waals surface area contributed by atoms with Gasteiger partial charge in [0, 0.05) is 10.0 Å². The van der Waals surface area contributed by atoms with Gasteiger partial charge in [-0.1, -0.05) is 47.5 Å². The van der Waals surface area contributed by atoms with Crippen LogP contribution in [0.15, 0.2) is 34.8 Å². The summed E-state index contributed by atoms with van der Waals surface area (Å²) in [7, 11) is 0. The Kier molecular flexibility index (Phi) is 5.03. The second-order valence-electron chi connectivity index (χ2n) is 3.73. The van der Waals surface area contributed by atoms with Crippen LogP contribution in [0.5, 0.6) is 0 Å². The van der Waals surface area contributed by atoms with E-state index in [1.54, 1.807) is 6.07 Å². The molecule has 0 aliphatic rings. The van der Waals surface area contributed by atoms with Crippen molar-refractivity contribution in [3.63, 3.8) is 0 Å². The lowest BCUT2D eigenvalue weighted by Crippen LogP contribution is -1.95. The van der Waals surface area contributed by atoms with Crippen LogP contribution in [0.2, 0.25) is 0 Å². The van der Waals surface area contributed by atoms with E-state index < -0.39 is 0 Å². The van der Waals surface area contributed by atoms with Crippen molar-refractivity contribution in [1.82, 2.24) is 0 Å². The predicted octanol–water partition coefficient (Wildman–Crippen LogP) is 4.88. The summed E-state index contributed by atoms with van der Waals surface area (Å²) in [5.74, 6) is -0.151. The van der Waals surface area contributed by atoms with Gasteiger partial charge in [0.15, 0.2) is 0 Å². The summed E-state index contributed by atoms with van der Waals surface area (Å²) in [4.78, 5) is 0. The molecule has 0 amide bonds. The van der Waals surface area contributed by atoms with E-state index in [0.717, 1.165) is 34.9 Å². The lowest BCUT2D eigenvalue weighted by Gasteiger charge is -2.08. The summed E-state index contributed by atoms with van der Waals surface area (Å²) in [6.45, 7) is 6.13. The van der Waals surface area contributed by atoms with Gasteiger partial charge in [0.05, 0.1) is 0 Å². The fraction of sp³-hybridized carbons (Fsp3) is 0.385. The van der Waals surface area contributed by atoms with Gasteiger partial charge in [-0.15, -0.1) is 0 Å². The van der Waals surface area contributed by atoms with Crippen LogP contribution in [0.4, 0.5) is 4.39 Å². The van der Waals surface area contributed by atoms with E-state index in [-0.39, 0.29) is 5.82 Å². The van der Waals surface area contributed by atoms with E-state index in [0.29, 0.717) is 6.42 Å². The van der Waals surface area contributed by atoms with E-state index >= 15 is 0 Å². The number of allylic oxidation sites excluding steroid dienone is 1. The summed E-state index contributed by atoms with van der Waals surface area (Å²) in [5, 5.41) is 0. The molecule has 0 aliphatic carbocycles. The summed E-state index contributed by atoms with van der Waals surface area (Å²) < 4.78 is 14.3. The average Bonchev–Trinajstić information content (AvgIpc) is 2.21. The molecule has 1 aromatic carbocycles. The normalized spacial score (nSPS) is 10.3. The van der Waals surface area contributed by atoms with Gasteiger partial charge in [0.2, 0.25) is 0 Å². The lowest BCUT2D eigenvalue weighted by atomic mass is 10.0. The Hall–Kier alpha value is -0.630. The highest BCUT2D eigenvalue weighted by Crippen LogP contribution is 2.23. The first-order chi connectivity index (χ1) is 7.15. The first kappa shape index (κ1) is 12.4. The topological polar surface area (TPSA) is 0 Å². The van der Waals surface area contributed by atoms with Gasteiger partial charge in [-0.3, -0.25) is 0 Å². The van der Waals surface area contributed by atoms with Crippen LogP contribution in [0, 0.1) is 5.82 Å². The largest absolute Gasteiger partial charge is 0.207 e. The van der Waals surface area contributed by atoms with Crippen molar-refractivity contribution >= 4 is 15.9 Å². The highest BCUT2D eigenvalue weighted by Gasteiger charge is 2.07. The molecule has 0 radical (unpaired) electrons. The highest BCUT2D eigenvalue weighted by molar-refractivity contribution is 9.10. The Morgan fingerprint density at radius 2 is 2.20 bits per heavy atom. The monoisotopic (exact) mass is 270 g/mol. The van der Waals surface area contributed by atoms with Crippen LogP contribution in [-0.2, 0) is 6.42 Å². The Bertz CT molecular complexity index is 324. The molecule has 0 N–H and O–H groups in total. The second-order valence-corrected chi connectivity index (χ2v) is 4.58. The molecular weight excluding hydrogens is 255 g/mol. The molecule has 0 spiro atoms. The maximum Gasteiger partial charge on any atom is 0.127 e. The van der Waals surface area contributed by atoms with Crippen molar-refractivity contribution in [2.24, 2.45) is 0 Å². The van der Waals surface area contributed by atoms with Gasteiger partial charge in [-0.2, -0.15) is 0 Å². The molecule has 0 fully saturated rings. The van der Waals surface area contributed by atoms with E-state index in [4.69, 9.17) is 0 Å². The molecule has 0 heterocycles.